The zero-order valence-electron chi connectivity index (χ0n) is 13.5. The van der Waals surface area contributed by atoms with Gasteiger partial charge in [0, 0.05) is 12.1 Å². The summed E-state index contributed by atoms with van der Waals surface area (Å²) in [6, 6.07) is 7.01. The van der Waals surface area contributed by atoms with Crippen LogP contribution in [0, 0.1) is 0 Å². The van der Waals surface area contributed by atoms with Gasteiger partial charge in [-0.15, -0.1) is 0 Å². The predicted octanol–water partition coefficient (Wildman–Crippen LogP) is 2.42. The summed E-state index contributed by atoms with van der Waals surface area (Å²) < 4.78 is 3.16. The number of amides is 1. The summed E-state index contributed by atoms with van der Waals surface area (Å²) in [5.41, 5.74) is 0.942. The van der Waals surface area contributed by atoms with Gasteiger partial charge < -0.3 is 5.32 Å². The van der Waals surface area contributed by atoms with Gasteiger partial charge in [-0.25, -0.2) is 9.67 Å². The monoisotopic (exact) mass is 423 g/mol. The Hall–Kier alpha value is -2.19. The van der Waals surface area contributed by atoms with Crippen molar-refractivity contribution in [1.29, 1.82) is 0 Å². The van der Waals surface area contributed by atoms with Crippen LogP contribution in [0.5, 0.6) is 0 Å². The summed E-state index contributed by atoms with van der Waals surface area (Å²) >= 11 is 9.39. The van der Waals surface area contributed by atoms with Gasteiger partial charge in [0.25, 0.3) is 5.56 Å². The highest BCUT2D eigenvalue weighted by Gasteiger charge is 2.16. The van der Waals surface area contributed by atoms with Gasteiger partial charge >= 0.3 is 0 Å². The molecule has 1 N–H and O–H groups in total. The first-order valence-corrected chi connectivity index (χ1v) is 8.67. The Morgan fingerprint density at radius 3 is 2.84 bits per heavy atom. The van der Waals surface area contributed by atoms with Crippen LogP contribution in [0.3, 0.4) is 0 Å². The Labute approximate surface area is 156 Å². The van der Waals surface area contributed by atoms with E-state index in [4.69, 9.17) is 11.6 Å². The molecular weight excluding hydrogens is 410 g/mol. The Morgan fingerprint density at radius 2 is 2.12 bits per heavy atom. The highest BCUT2D eigenvalue weighted by atomic mass is 79.9. The molecule has 25 heavy (non-hydrogen) atoms. The maximum atomic E-state index is 12.5. The van der Waals surface area contributed by atoms with E-state index in [-0.39, 0.29) is 24.1 Å². The standard InChI is InChI=1S/C16H15BrClN5O2/c1-9(10-5-3-4-6-11(10)18)20-12(24)7-23-8-19-15-13(16(23)25)14(17)21-22(15)2/h3-6,8-9H,7H2,1-2H3,(H,20,24). The van der Waals surface area contributed by atoms with Crippen LogP contribution in [-0.2, 0) is 18.4 Å². The Kier molecular flexibility index (Phi) is 4.91. The minimum absolute atomic E-state index is 0.141. The van der Waals surface area contributed by atoms with E-state index >= 15 is 0 Å². The van der Waals surface area contributed by atoms with Crippen LogP contribution < -0.4 is 10.9 Å². The lowest BCUT2D eigenvalue weighted by Crippen LogP contribution is -2.34. The van der Waals surface area contributed by atoms with Gasteiger partial charge in [0.1, 0.15) is 22.9 Å². The van der Waals surface area contributed by atoms with Crippen molar-refractivity contribution in [1.82, 2.24) is 24.6 Å². The average Bonchev–Trinajstić information content (AvgIpc) is 2.85. The molecule has 9 heteroatoms. The van der Waals surface area contributed by atoms with E-state index in [1.54, 1.807) is 13.1 Å². The number of fused-ring (bicyclic) bond motifs is 1. The average molecular weight is 425 g/mol. The molecule has 2 heterocycles. The lowest BCUT2D eigenvalue weighted by atomic mass is 10.1. The van der Waals surface area contributed by atoms with Crippen LogP contribution in [0.25, 0.3) is 11.0 Å². The highest BCUT2D eigenvalue weighted by Crippen LogP contribution is 2.22. The molecule has 0 radical (unpaired) electrons. The van der Waals surface area contributed by atoms with Gasteiger partial charge in [0.05, 0.1) is 6.04 Å². The van der Waals surface area contributed by atoms with Crippen molar-refractivity contribution in [3.63, 3.8) is 0 Å². The first-order chi connectivity index (χ1) is 11.9. The number of nitrogens with one attached hydrogen (secondary N) is 1. The minimum Gasteiger partial charge on any atom is -0.348 e. The number of carbonyl (C=O) groups excluding carboxylic acids is 1. The molecule has 0 fully saturated rings. The van der Waals surface area contributed by atoms with Crippen molar-refractivity contribution in [2.75, 3.05) is 0 Å². The molecular formula is C16H15BrClN5O2. The number of benzene rings is 1. The fourth-order valence-electron chi connectivity index (χ4n) is 2.59. The van der Waals surface area contributed by atoms with E-state index in [9.17, 15) is 9.59 Å². The maximum absolute atomic E-state index is 12.5. The first-order valence-electron chi connectivity index (χ1n) is 7.50. The first kappa shape index (κ1) is 17.6. The summed E-state index contributed by atoms with van der Waals surface area (Å²) in [7, 11) is 1.70. The third-order valence-electron chi connectivity index (χ3n) is 3.83. The Balaban J connectivity index is 1.81. The van der Waals surface area contributed by atoms with Crippen molar-refractivity contribution in [2.24, 2.45) is 7.05 Å². The summed E-state index contributed by atoms with van der Waals surface area (Å²) in [5.74, 6) is -0.310. The van der Waals surface area contributed by atoms with Crippen molar-refractivity contribution in [3.05, 3.63) is 56.1 Å². The molecule has 7 nitrogen and oxygen atoms in total. The van der Waals surface area contributed by atoms with Crippen molar-refractivity contribution < 1.29 is 4.79 Å². The van der Waals surface area contributed by atoms with Gasteiger partial charge in [0.15, 0.2) is 5.65 Å². The number of carbonyl (C=O) groups is 1. The number of hydrogen-bond acceptors (Lipinski definition) is 4. The van der Waals surface area contributed by atoms with E-state index < -0.39 is 0 Å². The van der Waals surface area contributed by atoms with Crippen LogP contribution in [0.4, 0.5) is 0 Å². The maximum Gasteiger partial charge on any atom is 0.266 e. The fraction of sp³-hybridized carbons (Fsp3) is 0.250. The number of aromatic nitrogens is 4. The lowest BCUT2D eigenvalue weighted by molar-refractivity contribution is -0.122. The minimum atomic E-state index is -0.328. The van der Waals surface area contributed by atoms with Gasteiger partial charge in [-0.2, -0.15) is 5.10 Å². The van der Waals surface area contributed by atoms with Gasteiger partial charge in [-0.3, -0.25) is 14.2 Å². The number of aryl methyl sites for hydroxylation is 1. The van der Waals surface area contributed by atoms with Crippen molar-refractivity contribution >= 4 is 44.5 Å². The molecule has 0 saturated carbocycles. The molecule has 0 saturated heterocycles. The van der Waals surface area contributed by atoms with E-state index in [0.717, 1.165) is 5.56 Å². The molecule has 0 aliphatic heterocycles. The third kappa shape index (κ3) is 3.45. The van der Waals surface area contributed by atoms with E-state index in [2.05, 4.69) is 31.3 Å². The Bertz CT molecular complexity index is 1010. The highest BCUT2D eigenvalue weighted by molar-refractivity contribution is 9.10. The zero-order chi connectivity index (χ0) is 18.1. The molecule has 1 atom stereocenters. The quantitative estimate of drug-likeness (QED) is 0.697. The second-order valence-corrected chi connectivity index (χ2v) is 6.76. The van der Waals surface area contributed by atoms with Crippen LogP contribution >= 0.6 is 27.5 Å². The van der Waals surface area contributed by atoms with E-state index in [0.29, 0.717) is 20.7 Å². The second-order valence-electron chi connectivity index (χ2n) is 5.60. The second kappa shape index (κ2) is 6.97. The van der Waals surface area contributed by atoms with Crippen LogP contribution in [-0.4, -0.2) is 25.2 Å². The largest absolute Gasteiger partial charge is 0.348 e. The molecule has 3 aromatic rings. The molecule has 1 unspecified atom stereocenters. The van der Waals surface area contributed by atoms with Crippen LogP contribution in [0.1, 0.15) is 18.5 Å². The number of halogens is 2. The number of nitrogens with zero attached hydrogens (tertiary/aromatic N) is 4. The number of rotatable bonds is 4. The van der Waals surface area contributed by atoms with E-state index in [1.807, 2.05) is 25.1 Å². The lowest BCUT2D eigenvalue weighted by Gasteiger charge is -2.16. The molecule has 0 spiro atoms. The van der Waals surface area contributed by atoms with Gasteiger partial charge in [0.2, 0.25) is 5.91 Å². The fourth-order valence-corrected chi connectivity index (χ4v) is 3.48. The van der Waals surface area contributed by atoms with Crippen LogP contribution in [0.2, 0.25) is 5.02 Å². The number of hydrogen-bond donors (Lipinski definition) is 1. The molecule has 3 rings (SSSR count). The zero-order valence-corrected chi connectivity index (χ0v) is 15.9. The SMILES string of the molecule is CC(NC(=O)Cn1cnc2c(c(Br)nn2C)c1=O)c1ccccc1Cl. The van der Waals surface area contributed by atoms with E-state index in [1.165, 1.54) is 15.6 Å². The molecule has 1 aromatic carbocycles. The molecule has 0 aliphatic rings. The topological polar surface area (TPSA) is 81.8 Å². The van der Waals surface area contributed by atoms with Crippen LogP contribution in [0.15, 0.2) is 40.0 Å². The molecule has 130 valence electrons. The third-order valence-corrected chi connectivity index (χ3v) is 4.73. The van der Waals surface area contributed by atoms with Gasteiger partial charge in [-0.05, 0) is 34.5 Å². The molecule has 2 aromatic heterocycles. The molecule has 1 amide bonds. The molecule has 0 aliphatic carbocycles. The van der Waals surface area contributed by atoms with Gasteiger partial charge in [-0.1, -0.05) is 29.8 Å². The predicted molar refractivity (Wildman–Crippen MR) is 98.5 cm³/mol. The summed E-state index contributed by atoms with van der Waals surface area (Å²) in [6.45, 7) is 1.69. The Morgan fingerprint density at radius 1 is 1.40 bits per heavy atom. The summed E-state index contributed by atoms with van der Waals surface area (Å²) in [6.07, 6.45) is 1.35. The summed E-state index contributed by atoms with van der Waals surface area (Å²) in [5, 5.41) is 7.87. The van der Waals surface area contributed by atoms with Crippen molar-refractivity contribution in [3.8, 4) is 0 Å². The molecule has 0 bridgehead atoms. The smallest absolute Gasteiger partial charge is 0.266 e. The normalized spacial score (nSPS) is 12.3. The van der Waals surface area contributed by atoms with Crippen molar-refractivity contribution in [2.45, 2.75) is 19.5 Å². The summed E-state index contributed by atoms with van der Waals surface area (Å²) in [4.78, 5) is 29.1.